The molecule has 0 aliphatic heterocycles. The Balaban J connectivity index is 1.70. The number of nitrogens with zero attached hydrogens (tertiary/aromatic N) is 3. The van der Waals surface area contributed by atoms with E-state index in [1.54, 1.807) is 6.33 Å². The lowest BCUT2D eigenvalue weighted by Crippen LogP contribution is -2.61. The maximum atomic E-state index is 5.90. The van der Waals surface area contributed by atoms with Gasteiger partial charge >= 0.3 is 0 Å². The summed E-state index contributed by atoms with van der Waals surface area (Å²) in [4.78, 5) is 14.3. The minimum Gasteiger partial charge on any atom is -0.378 e. The summed E-state index contributed by atoms with van der Waals surface area (Å²) in [6.07, 6.45) is 6.82. The van der Waals surface area contributed by atoms with Gasteiger partial charge < -0.3 is 9.64 Å². The van der Waals surface area contributed by atoms with Crippen LogP contribution in [0.1, 0.15) is 44.1 Å². The lowest BCUT2D eigenvalue weighted by atomic mass is 9.64. The van der Waals surface area contributed by atoms with Crippen molar-refractivity contribution in [3.05, 3.63) is 16.8 Å². The summed E-state index contributed by atoms with van der Waals surface area (Å²) in [5, 5.41) is 1.31. The minimum absolute atomic E-state index is 0.154. The molecule has 2 aromatic rings. The van der Waals surface area contributed by atoms with Crippen LogP contribution in [0.2, 0.25) is 0 Å². The van der Waals surface area contributed by atoms with E-state index in [0.29, 0.717) is 12.1 Å². The van der Waals surface area contributed by atoms with Crippen molar-refractivity contribution in [1.29, 1.82) is 0 Å². The molecule has 2 aromatic heterocycles. The Morgan fingerprint density at radius 2 is 2.17 bits per heavy atom. The largest absolute Gasteiger partial charge is 0.378 e. The summed E-state index contributed by atoms with van der Waals surface area (Å²) in [6.45, 7) is 7.50. The second-order valence-corrected chi connectivity index (χ2v) is 8.45. The van der Waals surface area contributed by atoms with Gasteiger partial charge in [-0.25, -0.2) is 9.97 Å². The van der Waals surface area contributed by atoms with Crippen molar-refractivity contribution in [2.75, 3.05) is 18.6 Å². The fraction of sp³-hybridized carbons (Fsp3) is 0.667. The highest BCUT2D eigenvalue weighted by Gasteiger charge is 2.51. The fourth-order valence-corrected chi connectivity index (χ4v) is 5.56. The predicted molar refractivity (Wildman–Crippen MR) is 95.4 cm³/mol. The van der Waals surface area contributed by atoms with Gasteiger partial charge in [-0.3, -0.25) is 0 Å². The minimum atomic E-state index is 0.154. The van der Waals surface area contributed by atoms with Crippen LogP contribution in [0.5, 0.6) is 0 Å². The first-order valence-corrected chi connectivity index (χ1v) is 9.45. The Kier molecular flexibility index (Phi) is 3.61. The summed E-state index contributed by atoms with van der Waals surface area (Å²) in [5.41, 5.74) is 1.66. The van der Waals surface area contributed by atoms with Gasteiger partial charge in [0.2, 0.25) is 0 Å². The molecular weight excluding hydrogens is 306 g/mol. The molecule has 0 bridgehead atoms. The fourth-order valence-electron chi connectivity index (χ4n) is 4.33. The molecule has 0 aromatic carbocycles. The number of aryl methyl sites for hydroxylation is 2. The van der Waals surface area contributed by atoms with Gasteiger partial charge in [-0.1, -0.05) is 13.8 Å². The molecule has 124 valence electrons. The van der Waals surface area contributed by atoms with Crippen LogP contribution in [-0.2, 0) is 17.6 Å². The van der Waals surface area contributed by atoms with Crippen LogP contribution in [0.25, 0.3) is 10.2 Å². The number of hydrogen-bond donors (Lipinski definition) is 0. The van der Waals surface area contributed by atoms with E-state index < -0.39 is 0 Å². The summed E-state index contributed by atoms with van der Waals surface area (Å²) < 4.78 is 5.90. The summed E-state index contributed by atoms with van der Waals surface area (Å²) in [6, 6.07) is 0.467. The molecule has 0 spiro atoms. The van der Waals surface area contributed by atoms with Crippen molar-refractivity contribution >= 4 is 27.4 Å². The maximum absolute atomic E-state index is 5.90. The monoisotopic (exact) mass is 331 g/mol. The maximum Gasteiger partial charge on any atom is 0.141 e. The number of rotatable bonds is 4. The third-order valence-electron chi connectivity index (χ3n) is 5.78. The zero-order valence-electron chi connectivity index (χ0n) is 14.4. The van der Waals surface area contributed by atoms with E-state index in [4.69, 9.17) is 4.74 Å². The first-order valence-electron chi connectivity index (χ1n) is 8.63. The Hall–Kier alpha value is -1.20. The average Bonchev–Trinajstić information content (AvgIpc) is 3.10. The molecule has 23 heavy (non-hydrogen) atoms. The molecule has 2 atom stereocenters. The molecule has 0 radical (unpaired) electrons. The second-order valence-electron chi connectivity index (χ2n) is 7.36. The molecule has 2 aliphatic carbocycles. The van der Waals surface area contributed by atoms with Gasteiger partial charge in [0.1, 0.15) is 17.0 Å². The van der Waals surface area contributed by atoms with Gasteiger partial charge in [-0.2, -0.15) is 0 Å². The third-order valence-corrected chi connectivity index (χ3v) is 6.98. The van der Waals surface area contributed by atoms with Gasteiger partial charge in [-0.05, 0) is 38.2 Å². The topological polar surface area (TPSA) is 38.2 Å². The molecule has 0 saturated heterocycles. The number of hydrogen-bond acceptors (Lipinski definition) is 5. The van der Waals surface area contributed by atoms with E-state index >= 15 is 0 Å². The van der Waals surface area contributed by atoms with Crippen molar-refractivity contribution in [2.24, 2.45) is 5.41 Å². The quantitative estimate of drug-likeness (QED) is 0.854. The molecule has 0 unspecified atom stereocenters. The highest BCUT2D eigenvalue weighted by molar-refractivity contribution is 7.19. The van der Waals surface area contributed by atoms with Gasteiger partial charge in [0.25, 0.3) is 0 Å². The van der Waals surface area contributed by atoms with Crippen LogP contribution in [0, 0.1) is 5.41 Å². The van der Waals surface area contributed by atoms with Crippen molar-refractivity contribution in [3.63, 3.8) is 0 Å². The third kappa shape index (κ3) is 2.20. The summed E-state index contributed by atoms with van der Waals surface area (Å²) in [7, 11) is 2.19. The lowest BCUT2D eigenvalue weighted by Gasteiger charge is -2.55. The van der Waals surface area contributed by atoms with Crippen LogP contribution < -0.4 is 4.90 Å². The van der Waals surface area contributed by atoms with E-state index in [2.05, 4.69) is 42.7 Å². The van der Waals surface area contributed by atoms with Crippen molar-refractivity contribution < 1.29 is 4.74 Å². The molecule has 2 aliphatic rings. The smallest absolute Gasteiger partial charge is 0.141 e. The van der Waals surface area contributed by atoms with Crippen LogP contribution in [0.3, 0.4) is 0 Å². The van der Waals surface area contributed by atoms with E-state index in [1.165, 1.54) is 35.1 Å². The molecule has 4 rings (SSSR count). The van der Waals surface area contributed by atoms with Gasteiger partial charge in [0, 0.05) is 30.0 Å². The van der Waals surface area contributed by atoms with Gasteiger partial charge in [0.05, 0.1) is 11.5 Å². The van der Waals surface area contributed by atoms with E-state index in [-0.39, 0.29) is 5.41 Å². The van der Waals surface area contributed by atoms with Crippen LogP contribution in [0.15, 0.2) is 6.33 Å². The number of thiophene rings is 1. The number of aromatic nitrogens is 2. The number of anilines is 1. The van der Waals surface area contributed by atoms with Gasteiger partial charge in [-0.15, -0.1) is 11.3 Å². The molecule has 5 heteroatoms. The first-order chi connectivity index (χ1) is 11.0. The second kappa shape index (κ2) is 5.42. The Bertz CT molecular complexity index is 739. The van der Waals surface area contributed by atoms with Gasteiger partial charge in [0.15, 0.2) is 0 Å². The average molecular weight is 331 g/mol. The van der Waals surface area contributed by atoms with E-state index in [0.717, 1.165) is 23.7 Å². The molecule has 1 saturated carbocycles. The van der Waals surface area contributed by atoms with Crippen molar-refractivity contribution in [1.82, 2.24) is 9.97 Å². The zero-order chi connectivity index (χ0) is 16.2. The van der Waals surface area contributed by atoms with Crippen LogP contribution in [-0.4, -0.2) is 35.8 Å². The molecule has 4 nitrogen and oxygen atoms in total. The van der Waals surface area contributed by atoms with Crippen LogP contribution >= 0.6 is 11.3 Å². The molecule has 0 N–H and O–H groups in total. The lowest BCUT2D eigenvalue weighted by molar-refractivity contribution is -0.104. The van der Waals surface area contributed by atoms with Crippen LogP contribution in [0.4, 0.5) is 5.82 Å². The highest BCUT2D eigenvalue weighted by atomic mass is 32.1. The zero-order valence-corrected chi connectivity index (χ0v) is 15.2. The normalized spacial score (nSPS) is 25.4. The van der Waals surface area contributed by atoms with Crippen molar-refractivity contribution in [2.45, 2.75) is 58.6 Å². The number of ether oxygens (including phenoxy) is 1. The standard InChI is InChI=1S/C18H25N3OS/c1-5-22-14-9-13(18(14,2)3)21(4)16-15-11-7-6-8-12(11)23-17(15)20-10-19-16/h10,13-14H,5-9H2,1-4H3/t13-,14-/m0/s1. The van der Waals surface area contributed by atoms with Crippen molar-refractivity contribution in [3.8, 4) is 0 Å². The SMILES string of the molecule is CCO[C@H]1C[C@H](N(C)c2ncnc3sc4c(c23)CCC4)C1(C)C. The Morgan fingerprint density at radius 1 is 1.35 bits per heavy atom. The highest BCUT2D eigenvalue weighted by Crippen LogP contribution is 2.48. The molecule has 1 fully saturated rings. The summed E-state index contributed by atoms with van der Waals surface area (Å²) in [5.74, 6) is 1.11. The molecule has 2 heterocycles. The first kappa shape index (κ1) is 15.3. The summed E-state index contributed by atoms with van der Waals surface area (Å²) >= 11 is 1.86. The van der Waals surface area contributed by atoms with E-state index in [1.807, 2.05) is 11.3 Å². The molecular formula is C18H25N3OS. The van der Waals surface area contributed by atoms with E-state index in [9.17, 15) is 0 Å². The Labute approximate surface area is 141 Å². The molecule has 0 amide bonds. The number of fused-ring (bicyclic) bond motifs is 3. The Morgan fingerprint density at radius 3 is 2.91 bits per heavy atom. The predicted octanol–water partition coefficient (Wildman–Crippen LogP) is 3.82.